The van der Waals surface area contributed by atoms with Crippen molar-refractivity contribution in [3.05, 3.63) is 28.0 Å². The number of fused-ring (bicyclic) bond motifs is 1. The summed E-state index contributed by atoms with van der Waals surface area (Å²) < 4.78 is 31.7. The van der Waals surface area contributed by atoms with Gasteiger partial charge in [0.1, 0.15) is 10.4 Å². The lowest BCUT2D eigenvalue weighted by atomic mass is 10.2. The zero-order chi connectivity index (χ0) is 11.9. The van der Waals surface area contributed by atoms with E-state index in [4.69, 9.17) is 4.55 Å². The van der Waals surface area contributed by atoms with E-state index < -0.39 is 10.1 Å². The number of hydrogen-bond acceptors (Lipinski definition) is 4. The molecule has 1 aromatic heterocycles. The Balaban J connectivity index is 0.00000144. The van der Waals surface area contributed by atoms with Crippen LogP contribution in [0.15, 0.2) is 29.3 Å². The van der Waals surface area contributed by atoms with Crippen molar-refractivity contribution in [2.75, 3.05) is 0 Å². The largest absolute Gasteiger partial charge is 0.505 e. The van der Waals surface area contributed by atoms with Crippen LogP contribution in [0.5, 0.6) is 5.75 Å². The van der Waals surface area contributed by atoms with E-state index in [1.165, 1.54) is 24.4 Å². The minimum atomic E-state index is -4.32. The molecule has 17 heavy (non-hydrogen) atoms. The van der Waals surface area contributed by atoms with Gasteiger partial charge in [0.25, 0.3) is 10.1 Å². The molecule has 1 aromatic carbocycles. The van der Waals surface area contributed by atoms with Crippen LogP contribution in [0.4, 0.5) is 0 Å². The van der Waals surface area contributed by atoms with Crippen molar-refractivity contribution < 1.29 is 18.1 Å². The lowest BCUT2D eigenvalue weighted by Gasteiger charge is -2.06. The number of phenols is 1. The SMILES string of the molecule is Cl.O=S(=O)(O)c1cc(I)c(O)c2ncccc12. The molecule has 0 fully saturated rings. The molecule has 2 aromatic rings. The van der Waals surface area contributed by atoms with Crippen molar-refractivity contribution >= 4 is 56.0 Å². The van der Waals surface area contributed by atoms with E-state index in [9.17, 15) is 13.5 Å². The maximum absolute atomic E-state index is 11.2. The third-order valence-corrected chi connectivity index (χ3v) is 3.78. The first-order valence-electron chi connectivity index (χ1n) is 4.15. The molecule has 0 bridgehead atoms. The van der Waals surface area contributed by atoms with E-state index in [1.807, 2.05) is 0 Å². The molecule has 8 heteroatoms. The van der Waals surface area contributed by atoms with Gasteiger partial charge in [0.2, 0.25) is 0 Å². The standard InChI is InChI=1S/C9H6INO4S.ClH/c10-6-4-7(16(13,14)15)5-2-1-3-11-8(5)9(6)12;/h1-4,12H,(H,13,14,15);1H. The Morgan fingerprint density at radius 2 is 2.00 bits per heavy atom. The predicted molar refractivity (Wildman–Crippen MR) is 73.2 cm³/mol. The summed E-state index contributed by atoms with van der Waals surface area (Å²) in [6.45, 7) is 0. The van der Waals surface area contributed by atoms with Gasteiger partial charge < -0.3 is 5.11 Å². The average molecular weight is 388 g/mol. The Morgan fingerprint density at radius 3 is 2.59 bits per heavy atom. The van der Waals surface area contributed by atoms with E-state index in [2.05, 4.69) is 4.98 Å². The molecular formula is C9H7ClINO4S. The van der Waals surface area contributed by atoms with Crippen LogP contribution in [0.2, 0.25) is 0 Å². The number of pyridine rings is 1. The Kier molecular flexibility index (Phi) is 4.18. The molecular weight excluding hydrogens is 381 g/mol. The zero-order valence-corrected chi connectivity index (χ0v) is 12.0. The van der Waals surface area contributed by atoms with Crippen LogP contribution in [0.3, 0.4) is 0 Å². The van der Waals surface area contributed by atoms with Gasteiger partial charge in [-0.05, 0) is 40.8 Å². The number of halogens is 2. The molecule has 0 amide bonds. The third kappa shape index (κ3) is 2.62. The fourth-order valence-corrected chi connectivity index (χ4v) is 2.87. The predicted octanol–water partition coefficient (Wildman–Crippen LogP) is 2.21. The fraction of sp³-hybridized carbons (Fsp3) is 0. The van der Waals surface area contributed by atoms with Gasteiger partial charge in [-0.1, -0.05) is 0 Å². The number of hydrogen-bond donors (Lipinski definition) is 2. The Morgan fingerprint density at radius 1 is 1.35 bits per heavy atom. The second-order valence-electron chi connectivity index (χ2n) is 3.08. The number of aromatic nitrogens is 1. The molecule has 0 saturated carbocycles. The van der Waals surface area contributed by atoms with Crippen molar-refractivity contribution in [3.8, 4) is 5.75 Å². The van der Waals surface area contributed by atoms with Crippen molar-refractivity contribution in [2.24, 2.45) is 0 Å². The molecule has 2 N–H and O–H groups in total. The molecule has 0 aliphatic rings. The van der Waals surface area contributed by atoms with Crippen molar-refractivity contribution in [1.82, 2.24) is 4.98 Å². The van der Waals surface area contributed by atoms with Crippen LogP contribution in [0, 0.1) is 3.57 Å². The van der Waals surface area contributed by atoms with Crippen molar-refractivity contribution in [3.63, 3.8) is 0 Å². The maximum Gasteiger partial charge on any atom is 0.295 e. The van der Waals surface area contributed by atoms with Gasteiger partial charge in [-0.2, -0.15) is 8.42 Å². The molecule has 1 heterocycles. The minimum Gasteiger partial charge on any atom is -0.505 e. The normalized spacial score (nSPS) is 11.2. The number of phenolic OH excluding ortho intramolecular Hbond substituents is 1. The Hall–Kier alpha value is -0.640. The summed E-state index contributed by atoms with van der Waals surface area (Å²) in [6, 6.07) is 4.21. The first kappa shape index (κ1) is 14.4. The number of nitrogens with zero attached hydrogens (tertiary/aromatic N) is 1. The fourth-order valence-electron chi connectivity index (χ4n) is 1.38. The number of rotatable bonds is 1. The van der Waals surface area contributed by atoms with Crippen molar-refractivity contribution in [2.45, 2.75) is 4.90 Å². The molecule has 0 radical (unpaired) electrons. The van der Waals surface area contributed by atoms with Gasteiger partial charge in [-0.15, -0.1) is 12.4 Å². The van der Waals surface area contributed by atoms with Crippen LogP contribution in [0.25, 0.3) is 10.9 Å². The molecule has 2 rings (SSSR count). The highest BCUT2D eigenvalue weighted by Crippen LogP contribution is 2.32. The summed E-state index contributed by atoms with van der Waals surface area (Å²) in [6.07, 6.45) is 1.44. The molecule has 0 aliphatic heterocycles. The smallest absolute Gasteiger partial charge is 0.295 e. The third-order valence-electron chi connectivity index (χ3n) is 2.06. The van der Waals surface area contributed by atoms with Crippen LogP contribution in [0.1, 0.15) is 0 Å². The van der Waals surface area contributed by atoms with Gasteiger partial charge in [-0.3, -0.25) is 9.54 Å². The summed E-state index contributed by atoms with van der Waals surface area (Å²) in [5.41, 5.74) is 0.155. The second kappa shape index (κ2) is 4.92. The molecule has 0 atom stereocenters. The van der Waals surface area contributed by atoms with E-state index >= 15 is 0 Å². The Labute approximate surface area is 117 Å². The van der Waals surface area contributed by atoms with Gasteiger partial charge in [0.05, 0.1) is 3.57 Å². The summed E-state index contributed by atoms with van der Waals surface area (Å²) in [5, 5.41) is 9.90. The highest BCUT2D eigenvalue weighted by Gasteiger charge is 2.18. The monoisotopic (exact) mass is 387 g/mol. The Bertz CT molecular complexity index is 674. The summed E-state index contributed by atoms with van der Waals surface area (Å²) >= 11 is 1.77. The highest BCUT2D eigenvalue weighted by molar-refractivity contribution is 14.1. The second-order valence-corrected chi connectivity index (χ2v) is 5.63. The van der Waals surface area contributed by atoms with Gasteiger partial charge in [0, 0.05) is 11.6 Å². The first-order chi connectivity index (χ1) is 7.41. The van der Waals surface area contributed by atoms with Gasteiger partial charge >= 0.3 is 0 Å². The van der Waals surface area contributed by atoms with Gasteiger partial charge in [0.15, 0.2) is 5.75 Å². The summed E-state index contributed by atoms with van der Waals surface area (Å²) in [5.74, 6) is -0.0939. The van der Waals surface area contributed by atoms with Crippen LogP contribution >= 0.6 is 35.0 Å². The summed E-state index contributed by atoms with van der Waals surface area (Å²) in [7, 11) is -4.32. The van der Waals surface area contributed by atoms with Gasteiger partial charge in [-0.25, -0.2) is 0 Å². The molecule has 0 unspecified atom stereocenters. The van der Waals surface area contributed by atoms with E-state index in [0.717, 1.165) is 0 Å². The molecule has 0 aliphatic carbocycles. The maximum atomic E-state index is 11.2. The van der Waals surface area contributed by atoms with E-state index in [-0.39, 0.29) is 34.0 Å². The van der Waals surface area contributed by atoms with E-state index in [0.29, 0.717) is 3.57 Å². The topological polar surface area (TPSA) is 87.5 Å². The summed E-state index contributed by atoms with van der Waals surface area (Å²) in [4.78, 5) is 3.63. The molecule has 92 valence electrons. The first-order valence-corrected chi connectivity index (χ1v) is 6.67. The van der Waals surface area contributed by atoms with Crippen molar-refractivity contribution in [1.29, 1.82) is 0 Å². The lowest BCUT2D eigenvalue weighted by Crippen LogP contribution is -2.00. The van der Waals surface area contributed by atoms with Crippen LogP contribution in [-0.2, 0) is 10.1 Å². The number of aromatic hydroxyl groups is 1. The van der Waals surface area contributed by atoms with E-state index in [1.54, 1.807) is 22.6 Å². The molecule has 5 nitrogen and oxygen atoms in total. The van der Waals surface area contributed by atoms with Crippen LogP contribution in [-0.4, -0.2) is 23.1 Å². The lowest BCUT2D eigenvalue weighted by molar-refractivity contribution is 0.474. The average Bonchev–Trinajstić information content (AvgIpc) is 2.22. The quantitative estimate of drug-likeness (QED) is 0.579. The molecule has 0 spiro atoms. The molecule has 0 saturated heterocycles. The highest BCUT2D eigenvalue weighted by atomic mass is 127. The number of benzene rings is 1. The zero-order valence-electron chi connectivity index (χ0n) is 8.16. The van der Waals surface area contributed by atoms with Crippen LogP contribution < -0.4 is 0 Å². The minimum absolute atomic E-state index is 0.